The van der Waals surface area contributed by atoms with Crippen molar-refractivity contribution in [1.82, 2.24) is 25.1 Å². The largest absolute Gasteiger partial charge is 0.404 e. The minimum absolute atomic E-state index is 0.263. The third-order valence-corrected chi connectivity index (χ3v) is 5.70. The van der Waals surface area contributed by atoms with Gasteiger partial charge in [0.25, 0.3) is 5.91 Å². The fourth-order valence-corrected chi connectivity index (χ4v) is 3.81. The molecule has 0 unspecified atom stereocenters. The molecule has 9 heteroatoms. The molecule has 1 amide bonds. The van der Waals surface area contributed by atoms with Gasteiger partial charge in [-0.15, -0.1) is 0 Å². The summed E-state index contributed by atoms with van der Waals surface area (Å²) < 4.78 is 2.04. The fraction of sp³-hybridized carbons (Fsp3) is 0.346. The number of rotatable bonds is 7. The Kier molecular flexibility index (Phi) is 6.95. The van der Waals surface area contributed by atoms with E-state index in [-0.39, 0.29) is 11.4 Å². The number of benzene rings is 1. The maximum atomic E-state index is 12.5. The second kappa shape index (κ2) is 10.1. The molecular weight excluding hydrogens is 440 g/mol. The summed E-state index contributed by atoms with van der Waals surface area (Å²) >= 11 is 0. The average Bonchev–Trinajstić information content (AvgIpc) is 3.40. The van der Waals surface area contributed by atoms with Gasteiger partial charge in [0, 0.05) is 48.9 Å². The molecular formula is C26H32N8O. The Labute approximate surface area is 205 Å². The van der Waals surface area contributed by atoms with Crippen LogP contribution in [-0.4, -0.2) is 37.4 Å². The van der Waals surface area contributed by atoms with Gasteiger partial charge in [-0.05, 0) is 57.7 Å². The van der Waals surface area contributed by atoms with Crippen LogP contribution in [0.4, 0.5) is 11.6 Å². The van der Waals surface area contributed by atoms with Crippen LogP contribution in [-0.2, 0) is 24.3 Å². The summed E-state index contributed by atoms with van der Waals surface area (Å²) in [6, 6.07) is 10.0. The van der Waals surface area contributed by atoms with Gasteiger partial charge in [0.15, 0.2) is 5.82 Å². The molecule has 0 saturated carbocycles. The van der Waals surface area contributed by atoms with Crippen LogP contribution in [0.5, 0.6) is 0 Å². The maximum Gasteiger partial charge on any atom is 0.254 e. The Morgan fingerprint density at radius 1 is 1.20 bits per heavy atom. The van der Waals surface area contributed by atoms with Crippen molar-refractivity contribution in [3.63, 3.8) is 0 Å². The average molecular weight is 473 g/mol. The highest BCUT2D eigenvalue weighted by Gasteiger charge is 2.14. The molecule has 3 aromatic rings. The number of anilines is 2. The maximum absolute atomic E-state index is 12.5. The predicted molar refractivity (Wildman–Crippen MR) is 138 cm³/mol. The Morgan fingerprint density at radius 3 is 2.74 bits per heavy atom. The number of aryl methyl sites for hydroxylation is 3. The van der Waals surface area contributed by atoms with E-state index in [1.165, 1.54) is 18.1 Å². The molecule has 0 spiro atoms. The van der Waals surface area contributed by atoms with Crippen LogP contribution in [0, 0.1) is 6.92 Å². The van der Waals surface area contributed by atoms with Crippen molar-refractivity contribution in [3.05, 3.63) is 65.3 Å². The Bertz CT molecular complexity index is 1260. The van der Waals surface area contributed by atoms with Crippen molar-refractivity contribution < 1.29 is 4.79 Å². The third kappa shape index (κ3) is 6.11. The predicted octanol–water partition coefficient (Wildman–Crippen LogP) is 3.67. The van der Waals surface area contributed by atoms with E-state index in [0.717, 1.165) is 47.6 Å². The lowest BCUT2D eigenvalue weighted by atomic mass is 10.0. The molecule has 0 radical (unpaired) electrons. The lowest BCUT2D eigenvalue weighted by Crippen LogP contribution is -2.26. The van der Waals surface area contributed by atoms with E-state index >= 15 is 0 Å². The molecule has 0 bridgehead atoms. The number of hydrogen-bond donors (Lipinski definition) is 3. The molecule has 3 heterocycles. The molecule has 1 aliphatic rings. The molecule has 4 N–H and O–H groups in total. The zero-order valence-electron chi connectivity index (χ0n) is 20.7. The Hall–Kier alpha value is -4.01. The molecule has 1 aliphatic heterocycles. The molecule has 35 heavy (non-hydrogen) atoms. The smallest absolute Gasteiger partial charge is 0.254 e. The number of amides is 1. The number of fused-ring (bicyclic) bond motifs is 1. The van der Waals surface area contributed by atoms with Gasteiger partial charge in [-0.1, -0.05) is 12.1 Å². The number of carbonyl (C=O) groups excluding carboxylic acids is 1. The van der Waals surface area contributed by atoms with Crippen molar-refractivity contribution in [2.45, 2.75) is 59.2 Å². The number of nitrogens with one attached hydrogen (secondary N) is 2. The highest BCUT2D eigenvalue weighted by atomic mass is 16.1. The molecule has 4 rings (SSSR count). The van der Waals surface area contributed by atoms with Crippen LogP contribution in [0.25, 0.3) is 11.3 Å². The van der Waals surface area contributed by atoms with Gasteiger partial charge >= 0.3 is 0 Å². The standard InChI is InChI=1S/C26H32N8O/c1-17-10-18(7-8-19(17)14-28-25(35)20(13-27)15-31-26(2,3)4)22-12-23(30-16-29-22)32-24-11-21-6-5-9-34(21)33-24/h7-8,10-13,15-16H,5-6,9,14,27H2,1-4H3,(H,28,35)(H,29,30,32,33). The molecule has 9 nitrogen and oxygen atoms in total. The normalized spacial score (nSPS) is 13.8. The van der Waals surface area contributed by atoms with Crippen molar-refractivity contribution in [2.75, 3.05) is 5.32 Å². The molecule has 0 aliphatic carbocycles. The second-order valence-electron chi connectivity index (χ2n) is 9.64. The number of hydrogen-bond acceptors (Lipinski definition) is 7. The van der Waals surface area contributed by atoms with E-state index in [1.54, 1.807) is 6.33 Å². The number of nitrogens with two attached hydrogens (primary N) is 1. The van der Waals surface area contributed by atoms with Crippen LogP contribution in [0.15, 0.2) is 53.4 Å². The van der Waals surface area contributed by atoms with Crippen LogP contribution < -0.4 is 16.4 Å². The van der Waals surface area contributed by atoms with E-state index in [9.17, 15) is 4.79 Å². The molecule has 182 valence electrons. The van der Waals surface area contributed by atoms with Crippen molar-refractivity contribution in [1.29, 1.82) is 0 Å². The van der Waals surface area contributed by atoms with Crippen LogP contribution in [0.2, 0.25) is 0 Å². The van der Waals surface area contributed by atoms with Crippen LogP contribution in [0.3, 0.4) is 0 Å². The first-order chi connectivity index (χ1) is 16.7. The van der Waals surface area contributed by atoms with Crippen LogP contribution in [0.1, 0.15) is 44.0 Å². The topological polar surface area (TPSA) is 123 Å². The van der Waals surface area contributed by atoms with E-state index in [4.69, 9.17) is 5.73 Å². The molecule has 0 saturated heterocycles. The summed E-state index contributed by atoms with van der Waals surface area (Å²) in [6.07, 6.45) is 6.55. The van der Waals surface area contributed by atoms with Gasteiger partial charge in [-0.3, -0.25) is 14.5 Å². The molecule has 2 aromatic heterocycles. The van der Waals surface area contributed by atoms with Gasteiger partial charge < -0.3 is 16.4 Å². The van der Waals surface area contributed by atoms with E-state index in [1.807, 2.05) is 50.6 Å². The lowest BCUT2D eigenvalue weighted by molar-refractivity contribution is -0.117. The first kappa shape index (κ1) is 24.1. The summed E-state index contributed by atoms with van der Waals surface area (Å²) in [5.41, 5.74) is 10.7. The van der Waals surface area contributed by atoms with Crippen LogP contribution >= 0.6 is 0 Å². The number of aliphatic imine (C=N–C) groups is 1. The summed E-state index contributed by atoms with van der Waals surface area (Å²) in [4.78, 5) is 25.7. The van der Waals surface area contributed by atoms with Gasteiger partial charge in [0.05, 0.1) is 16.8 Å². The number of carbonyl (C=O) groups is 1. The molecule has 0 atom stereocenters. The first-order valence-electron chi connectivity index (χ1n) is 11.7. The Balaban J connectivity index is 1.42. The van der Waals surface area contributed by atoms with Crippen molar-refractivity contribution in [2.24, 2.45) is 10.7 Å². The molecule has 0 fully saturated rings. The van der Waals surface area contributed by atoms with E-state index in [0.29, 0.717) is 17.9 Å². The van der Waals surface area contributed by atoms with E-state index < -0.39 is 0 Å². The number of nitrogens with zero attached hydrogens (tertiary/aromatic N) is 5. The highest BCUT2D eigenvalue weighted by Crippen LogP contribution is 2.25. The van der Waals surface area contributed by atoms with Gasteiger partial charge in [-0.2, -0.15) is 5.10 Å². The monoisotopic (exact) mass is 472 g/mol. The first-order valence-corrected chi connectivity index (χ1v) is 11.7. The van der Waals surface area contributed by atoms with Gasteiger partial charge in [-0.25, -0.2) is 9.97 Å². The highest BCUT2D eigenvalue weighted by molar-refractivity contribution is 6.12. The van der Waals surface area contributed by atoms with Gasteiger partial charge in [0.1, 0.15) is 12.1 Å². The SMILES string of the molecule is Cc1cc(-c2cc(Nc3cc4n(n3)CCC4)ncn2)ccc1CNC(=O)C(C=NC(C)(C)C)=CN. The third-order valence-electron chi connectivity index (χ3n) is 5.70. The summed E-state index contributed by atoms with van der Waals surface area (Å²) in [7, 11) is 0. The fourth-order valence-electron chi connectivity index (χ4n) is 3.81. The lowest BCUT2D eigenvalue weighted by Gasteiger charge is -2.13. The molecule has 1 aromatic carbocycles. The van der Waals surface area contributed by atoms with Crippen molar-refractivity contribution in [3.8, 4) is 11.3 Å². The van der Waals surface area contributed by atoms with E-state index in [2.05, 4.69) is 42.8 Å². The quantitative estimate of drug-likeness (QED) is 0.356. The van der Waals surface area contributed by atoms with Crippen molar-refractivity contribution >= 4 is 23.8 Å². The zero-order valence-corrected chi connectivity index (χ0v) is 20.7. The zero-order chi connectivity index (χ0) is 25.0. The minimum atomic E-state index is -0.282. The summed E-state index contributed by atoms with van der Waals surface area (Å²) in [5.74, 6) is 1.23. The van der Waals surface area contributed by atoms with Gasteiger partial charge in [0.2, 0.25) is 0 Å². The Morgan fingerprint density at radius 2 is 2.03 bits per heavy atom. The number of aromatic nitrogens is 4. The summed E-state index contributed by atoms with van der Waals surface area (Å²) in [6.45, 7) is 9.24. The summed E-state index contributed by atoms with van der Waals surface area (Å²) in [5, 5.41) is 10.8. The minimum Gasteiger partial charge on any atom is -0.404 e. The second-order valence-corrected chi connectivity index (χ2v) is 9.64.